The summed E-state index contributed by atoms with van der Waals surface area (Å²) in [5, 5.41) is 13.6. The minimum atomic E-state index is -1.04. The molecular formula is C13H10N6O2. The average Bonchev–Trinajstić information content (AvgIpc) is 3.08. The average molecular weight is 282 g/mol. The molecule has 0 saturated heterocycles. The highest BCUT2D eigenvalue weighted by atomic mass is 16.4. The van der Waals surface area contributed by atoms with Gasteiger partial charge in [0.1, 0.15) is 18.7 Å². The molecule has 0 aromatic carbocycles. The SMILES string of the molecule is O=C(O)N1CN(c2cnn3ccccc23)c2ncncc21. The molecule has 0 fully saturated rings. The molecule has 4 heterocycles. The number of nitrogens with zero attached hydrogens (tertiary/aromatic N) is 6. The van der Waals surface area contributed by atoms with Gasteiger partial charge in [0.2, 0.25) is 0 Å². The lowest BCUT2D eigenvalue weighted by Crippen LogP contribution is -2.32. The Morgan fingerprint density at radius 3 is 3.00 bits per heavy atom. The Kier molecular flexibility index (Phi) is 2.31. The van der Waals surface area contributed by atoms with E-state index in [-0.39, 0.29) is 6.67 Å². The Bertz CT molecular complexity index is 845. The van der Waals surface area contributed by atoms with Crippen molar-refractivity contribution in [1.29, 1.82) is 0 Å². The fraction of sp³-hybridized carbons (Fsp3) is 0.0769. The number of hydrogen-bond acceptors (Lipinski definition) is 5. The minimum absolute atomic E-state index is 0.166. The predicted octanol–water partition coefficient (Wildman–Crippen LogP) is 1.72. The number of carbonyl (C=O) groups is 1. The van der Waals surface area contributed by atoms with Crippen LogP contribution in [0.1, 0.15) is 0 Å². The highest BCUT2D eigenvalue weighted by molar-refractivity contribution is 5.96. The van der Waals surface area contributed by atoms with Gasteiger partial charge in [0.15, 0.2) is 5.82 Å². The van der Waals surface area contributed by atoms with Gasteiger partial charge in [0, 0.05) is 6.20 Å². The number of rotatable bonds is 1. The van der Waals surface area contributed by atoms with Gasteiger partial charge in [-0.05, 0) is 12.1 Å². The largest absolute Gasteiger partial charge is 0.465 e. The molecule has 1 aliphatic rings. The number of anilines is 3. The van der Waals surface area contributed by atoms with Crippen LogP contribution in [0, 0.1) is 0 Å². The lowest BCUT2D eigenvalue weighted by atomic mass is 10.3. The van der Waals surface area contributed by atoms with E-state index < -0.39 is 6.09 Å². The van der Waals surface area contributed by atoms with E-state index >= 15 is 0 Å². The first kappa shape index (κ1) is 11.6. The molecule has 3 aromatic heterocycles. The van der Waals surface area contributed by atoms with E-state index in [1.807, 2.05) is 29.3 Å². The molecule has 0 bridgehead atoms. The van der Waals surface area contributed by atoms with Crippen LogP contribution >= 0.6 is 0 Å². The second kappa shape index (κ2) is 4.17. The summed E-state index contributed by atoms with van der Waals surface area (Å²) in [5.74, 6) is 0.561. The quantitative estimate of drug-likeness (QED) is 0.731. The third-order valence-corrected chi connectivity index (χ3v) is 3.43. The van der Waals surface area contributed by atoms with Crippen molar-refractivity contribution >= 4 is 28.8 Å². The number of aromatic nitrogens is 4. The second-order valence-electron chi connectivity index (χ2n) is 4.57. The Morgan fingerprint density at radius 2 is 2.14 bits per heavy atom. The van der Waals surface area contributed by atoms with E-state index in [2.05, 4.69) is 15.1 Å². The van der Waals surface area contributed by atoms with Crippen LogP contribution in [0.25, 0.3) is 5.52 Å². The van der Waals surface area contributed by atoms with Crippen LogP contribution in [0.2, 0.25) is 0 Å². The zero-order chi connectivity index (χ0) is 14.4. The number of carboxylic acid groups (broad SMARTS) is 1. The Hall–Kier alpha value is -3.16. The van der Waals surface area contributed by atoms with Gasteiger partial charge in [0.25, 0.3) is 0 Å². The maximum absolute atomic E-state index is 11.4. The van der Waals surface area contributed by atoms with Crippen LogP contribution in [-0.4, -0.2) is 37.5 Å². The van der Waals surface area contributed by atoms with Gasteiger partial charge in [-0.15, -0.1) is 0 Å². The second-order valence-corrected chi connectivity index (χ2v) is 4.57. The molecule has 0 saturated carbocycles. The number of fused-ring (bicyclic) bond motifs is 2. The van der Waals surface area contributed by atoms with E-state index in [9.17, 15) is 9.90 Å². The van der Waals surface area contributed by atoms with Crippen molar-refractivity contribution in [1.82, 2.24) is 19.6 Å². The van der Waals surface area contributed by atoms with Crippen molar-refractivity contribution in [2.75, 3.05) is 16.5 Å². The van der Waals surface area contributed by atoms with Gasteiger partial charge in [-0.2, -0.15) is 5.10 Å². The summed E-state index contributed by atoms with van der Waals surface area (Å²) >= 11 is 0. The van der Waals surface area contributed by atoms with Gasteiger partial charge in [-0.3, -0.25) is 4.90 Å². The lowest BCUT2D eigenvalue weighted by Gasteiger charge is -2.16. The summed E-state index contributed by atoms with van der Waals surface area (Å²) in [6.45, 7) is 0.166. The van der Waals surface area contributed by atoms with Crippen LogP contribution in [0.5, 0.6) is 0 Å². The van der Waals surface area contributed by atoms with Crippen molar-refractivity contribution in [3.8, 4) is 0 Å². The maximum atomic E-state index is 11.4. The first-order chi connectivity index (χ1) is 10.3. The zero-order valence-electron chi connectivity index (χ0n) is 10.8. The van der Waals surface area contributed by atoms with E-state index in [0.29, 0.717) is 11.5 Å². The van der Waals surface area contributed by atoms with Gasteiger partial charge >= 0.3 is 6.09 Å². The molecule has 1 amide bonds. The molecule has 8 nitrogen and oxygen atoms in total. The molecule has 104 valence electrons. The predicted molar refractivity (Wildman–Crippen MR) is 74.7 cm³/mol. The van der Waals surface area contributed by atoms with Crippen LogP contribution < -0.4 is 9.80 Å². The molecular weight excluding hydrogens is 272 g/mol. The molecule has 8 heteroatoms. The Morgan fingerprint density at radius 1 is 1.24 bits per heavy atom. The summed E-state index contributed by atoms with van der Waals surface area (Å²) in [6.07, 6.45) is 5.41. The van der Waals surface area contributed by atoms with Gasteiger partial charge < -0.3 is 10.0 Å². The van der Waals surface area contributed by atoms with E-state index in [1.165, 1.54) is 17.4 Å². The third-order valence-electron chi connectivity index (χ3n) is 3.43. The monoisotopic (exact) mass is 282 g/mol. The van der Waals surface area contributed by atoms with Crippen LogP contribution in [-0.2, 0) is 0 Å². The highest BCUT2D eigenvalue weighted by Gasteiger charge is 2.33. The fourth-order valence-electron chi connectivity index (χ4n) is 2.48. The van der Waals surface area contributed by atoms with E-state index in [1.54, 1.807) is 10.7 Å². The van der Waals surface area contributed by atoms with Gasteiger partial charge in [0.05, 0.1) is 23.6 Å². The zero-order valence-corrected chi connectivity index (χ0v) is 10.8. The highest BCUT2D eigenvalue weighted by Crippen LogP contribution is 2.39. The van der Waals surface area contributed by atoms with Crippen molar-refractivity contribution in [3.63, 3.8) is 0 Å². The Balaban J connectivity index is 1.89. The summed E-state index contributed by atoms with van der Waals surface area (Å²) in [6, 6.07) is 5.71. The molecule has 0 unspecified atom stereocenters. The molecule has 3 aromatic rings. The molecule has 0 atom stereocenters. The Labute approximate surface area is 118 Å². The van der Waals surface area contributed by atoms with Crippen LogP contribution in [0.15, 0.2) is 43.1 Å². The van der Waals surface area contributed by atoms with Crippen molar-refractivity contribution in [2.45, 2.75) is 0 Å². The smallest absolute Gasteiger partial charge is 0.413 e. The number of pyridine rings is 1. The molecule has 1 N–H and O–H groups in total. The van der Waals surface area contributed by atoms with Crippen molar-refractivity contribution in [3.05, 3.63) is 43.1 Å². The van der Waals surface area contributed by atoms with Crippen molar-refractivity contribution in [2.24, 2.45) is 0 Å². The molecule has 4 rings (SSSR count). The first-order valence-electron chi connectivity index (χ1n) is 6.26. The summed E-state index contributed by atoms with van der Waals surface area (Å²) in [5.41, 5.74) is 2.16. The summed E-state index contributed by atoms with van der Waals surface area (Å²) in [4.78, 5) is 22.5. The normalized spacial score (nSPS) is 13.7. The van der Waals surface area contributed by atoms with Gasteiger partial charge in [-0.1, -0.05) is 6.07 Å². The van der Waals surface area contributed by atoms with E-state index in [4.69, 9.17) is 0 Å². The molecule has 1 aliphatic heterocycles. The number of amides is 1. The maximum Gasteiger partial charge on any atom is 0.413 e. The number of hydrogen-bond donors (Lipinski definition) is 1. The van der Waals surface area contributed by atoms with Crippen LogP contribution in [0.3, 0.4) is 0 Å². The molecule has 21 heavy (non-hydrogen) atoms. The molecule has 0 spiro atoms. The molecule has 0 radical (unpaired) electrons. The first-order valence-corrected chi connectivity index (χ1v) is 6.26. The fourth-order valence-corrected chi connectivity index (χ4v) is 2.48. The summed E-state index contributed by atoms with van der Waals surface area (Å²) < 4.78 is 1.74. The molecule has 0 aliphatic carbocycles. The van der Waals surface area contributed by atoms with E-state index in [0.717, 1.165) is 11.2 Å². The lowest BCUT2D eigenvalue weighted by molar-refractivity contribution is 0.202. The standard InChI is InChI=1S/C13H10N6O2/c20-13(21)18-8-17(12-11(18)5-14-7-15-12)10-6-16-19-4-2-1-3-9(10)19/h1-7H,8H2,(H,20,21). The van der Waals surface area contributed by atoms with Crippen molar-refractivity contribution < 1.29 is 9.90 Å². The minimum Gasteiger partial charge on any atom is -0.465 e. The van der Waals surface area contributed by atoms with Crippen LogP contribution in [0.4, 0.5) is 22.0 Å². The summed E-state index contributed by atoms with van der Waals surface area (Å²) in [7, 11) is 0. The van der Waals surface area contributed by atoms with Gasteiger partial charge in [-0.25, -0.2) is 19.3 Å². The topological polar surface area (TPSA) is 86.9 Å². The third kappa shape index (κ3) is 1.62.